The Balaban J connectivity index is 1.14. The van der Waals surface area contributed by atoms with Gasteiger partial charge in [-0.25, -0.2) is 0 Å². The van der Waals surface area contributed by atoms with E-state index in [0.29, 0.717) is 0 Å². The van der Waals surface area contributed by atoms with E-state index in [-0.39, 0.29) is 5.41 Å². The Morgan fingerprint density at radius 3 is 1.62 bits per heavy atom. The summed E-state index contributed by atoms with van der Waals surface area (Å²) in [4.78, 5) is 0. The first kappa shape index (κ1) is 30.0. The molecule has 11 rings (SSSR count). The molecule has 0 saturated heterocycles. The fraction of sp³-hybridized carbons (Fsp3) is 0.0588. The van der Waals surface area contributed by atoms with Crippen molar-refractivity contribution in [1.29, 1.82) is 0 Å². The number of hydrogen-bond acceptors (Lipinski definition) is 0. The normalized spacial score (nSPS) is 13.2. The van der Waals surface area contributed by atoms with Crippen LogP contribution in [0.5, 0.6) is 0 Å². The molecule has 2 heterocycles. The molecule has 0 atom stereocenters. The predicted octanol–water partition coefficient (Wildman–Crippen LogP) is 13.5. The predicted molar refractivity (Wildman–Crippen MR) is 224 cm³/mol. The van der Waals surface area contributed by atoms with Crippen LogP contribution in [0.1, 0.15) is 25.0 Å². The Bertz CT molecular complexity index is 3060. The standard InChI is InChI=1S/C51H36N2/c1-51(2)45-23-9-6-18-39(45)42-22-13-21-38(50(42)51)35-16-12-17-37(30-35)53-47-25-11-8-20-41(47)44-31-43-40-19-7-10-24-46(40)52(48(43)32-49(44)53)36-28-26-34(27-29-36)33-14-4-3-5-15-33/h3-32H,1-2H3. The molecule has 1 aliphatic rings. The third-order valence-electron chi connectivity index (χ3n) is 11.7. The summed E-state index contributed by atoms with van der Waals surface area (Å²) in [5.41, 5.74) is 17.5. The van der Waals surface area contributed by atoms with E-state index >= 15 is 0 Å². The minimum Gasteiger partial charge on any atom is -0.309 e. The van der Waals surface area contributed by atoms with Gasteiger partial charge >= 0.3 is 0 Å². The zero-order valence-electron chi connectivity index (χ0n) is 29.7. The van der Waals surface area contributed by atoms with E-state index in [1.165, 1.54) is 88.1 Å². The van der Waals surface area contributed by atoms with Crippen LogP contribution < -0.4 is 0 Å². The molecule has 250 valence electrons. The molecule has 0 spiro atoms. The summed E-state index contributed by atoms with van der Waals surface area (Å²) < 4.78 is 4.90. The Hall–Kier alpha value is -6.64. The van der Waals surface area contributed by atoms with Crippen LogP contribution in [-0.4, -0.2) is 9.13 Å². The van der Waals surface area contributed by atoms with E-state index in [1.807, 2.05) is 0 Å². The Morgan fingerprint density at radius 2 is 0.887 bits per heavy atom. The van der Waals surface area contributed by atoms with E-state index < -0.39 is 0 Å². The van der Waals surface area contributed by atoms with Crippen molar-refractivity contribution in [3.63, 3.8) is 0 Å². The van der Waals surface area contributed by atoms with Crippen LogP contribution in [0.4, 0.5) is 0 Å². The average Bonchev–Trinajstić information content (AvgIpc) is 3.80. The lowest BCUT2D eigenvalue weighted by Gasteiger charge is -2.24. The fourth-order valence-corrected chi connectivity index (χ4v) is 9.32. The van der Waals surface area contributed by atoms with Crippen molar-refractivity contribution in [3.05, 3.63) is 193 Å². The molecule has 0 aliphatic heterocycles. The zero-order valence-corrected chi connectivity index (χ0v) is 29.7. The molecular formula is C51H36N2. The van der Waals surface area contributed by atoms with Gasteiger partial charge in [-0.15, -0.1) is 0 Å². The van der Waals surface area contributed by atoms with Crippen LogP contribution >= 0.6 is 0 Å². The van der Waals surface area contributed by atoms with E-state index in [2.05, 4.69) is 205 Å². The first-order valence-electron chi connectivity index (χ1n) is 18.5. The third kappa shape index (κ3) is 4.33. The van der Waals surface area contributed by atoms with Crippen molar-refractivity contribution in [1.82, 2.24) is 9.13 Å². The summed E-state index contributed by atoms with van der Waals surface area (Å²) in [6.07, 6.45) is 0. The van der Waals surface area contributed by atoms with Crippen molar-refractivity contribution in [2.24, 2.45) is 0 Å². The lowest BCUT2D eigenvalue weighted by molar-refractivity contribution is 0.662. The molecule has 1 aliphatic carbocycles. The van der Waals surface area contributed by atoms with Crippen LogP contribution in [0.15, 0.2) is 182 Å². The number of rotatable bonds is 4. The van der Waals surface area contributed by atoms with Gasteiger partial charge in [0.1, 0.15) is 0 Å². The van der Waals surface area contributed by atoms with Crippen molar-refractivity contribution >= 4 is 43.6 Å². The van der Waals surface area contributed by atoms with Gasteiger partial charge in [0.2, 0.25) is 0 Å². The molecule has 53 heavy (non-hydrogen) atoms. The van der Waals surface area contributed by atoms with Crippen LogP contribution in [-0.2, 0) is 5.41 Å². The smallest absolute Gasteiger partial charge is 0.0562 e. The number of benzene rings is 8. The Labute approximate surface area is 308 Å². The first-order valence-corrected chi connectivity index (χ1v) is 18.5. The molecule has 2 nitrogen and oxygen atoms in total. The highest BCUT2D eigenvalue weighted by Gasteiger charge is 2.37. The lowest BCUT2D eigenvalue weighted by atomic mass is 9.79. The Kier molecular flexibility index (Phi) is 6.33. The molecule has 0 bridgehead atoms. The van der Waals surface area contributed by atoms with Gasteiger partial charge in [0, 0.05) is 38.3 Å². The van der Waals surface area contributed by atoms with Gasteiger partial charge in [0.25, 0.3) is 0 Å². The van der Waals surface area contributed by atoms with Gasteiger partial charge in [-0.2, -0.15) is 0 Å². The maximum atomic E-state index is 2.47. The summed E-state index contributed by atoms with van der Waals surface area (Å²) >= 11 is 0. The molecule has 8 aromatic carbocycles. The number of hydrogen-bond donors (Lipinski definition) is 0. The van der Waals surface area contributed by atoms with E-state index in [4.69, 9.17) is 0 Å². The summed E-state index contributed by atoms with van der Waals surface area (Å²) in [6, 6.07) is 67.0. The van der Waals surface area contributed by atoms with Crippen LogP contribution in [0.25, 0.3) is 88.4 Å². The minimum absolute atomic E-state index is 0.0936. The summed E-state index contributed by atoms with van der Waals surface area (Å²) in [5.74, 6) is 0. The van der Waals surface area contributed by atoms with Gasteiger partial charge < -0.3 is 9.13 Å². The van der Waals surface area contributed by atoms with Gasteiger partial charge in [-0.05, 0) is 93.0 Å². The van der Waals surface area contributed by atoms with Crippen molar-refractivity contribution in [3.8, 4) is 44.8 Å². The number of nitrogens with zero attached hydrogens (tertiary/aromatic N) is 2. The molecular weight excluding hydrogens is 641 g/mol. The molecule has 2 heteroatoms. The molecule has 0 N–H and O–H groups in total. The summed E-state index contributed by atoms with van der Waals surface area (Å²) in [6.45, 7) is 4.75. The first-order chi connectivity index (χ1) is 26.1. The van der Waals surface area contributed by atoms with Crippen LogP contribution in [0, 0.1) is 0 Å². The van der Waals surface area contributed by atoms with E-state index in [0.717, 1.165) is 11.4 Å². The largest absolute Gasteiger partial charge is 0.309 e. The maximum Gasteiger partial charge on any atom is 0.0562 e. The van der Waals surface area contributed by atoms with Crippen LogP contribution in [0.2, 0.25) is 0 Å². The molecule has 0 fully saturated rings. The molecule has 0 radical (unpaired) electrons. The summed E-state index contributed by atoms with van der Waals surface area (Å²) in [5, 5.41) is 5.05. The van der Waals surface area contributed by atoms with Crippen molar-refractivity contribution in [2.75, 3.05) is 0 Å². The summed E-state index contributed by atoms with van der Waals surface area (Å²) in [7, 11) is 0. The third-order valence-corrected chi connectivity index (χ3v) is 11.7. The minimum atomic E-state index is -0.0936. The topological polar surface area (TPSA) is 9.86 Å². The second kappa shape index (κ2) is 11.2. The van der Waals surface area contributed by atoms with Crippen molar-refractivity contribution < 1.29 is 0 Å². The molecule has 0 saturated carbocycles. The zero-order chi connectivity index (χ0) is 35.3. The second-order valence-corrected chi connectivity index (χ2v) is 15.0. The SMILES string of the molecule is CC1(C)c2ccccc2-c2cccc(-c3cccc(-n4c5ccccc5c5cc6c7ccccc7n(-c7ccc(-c8ccccc8)cc7)c6cc54)c3)c21. The maximum absolute atomic E-state index is 2.47. The van der Waals surface area contributed by atoms with Gasteiger partial charge in [-0.1, -0.05) is 147 Å². The fourth-order valence-electron chi connectivity index (χ4n) is 9.32. The van der Waals surface area contributed by atoms with Crippen molar-refractivity contribution in [2.45, 2.75) is 19.3 Å². The number of aromatic nitrogens is 2. The molecule has 10 aromatic rings. The average molecular weight is 677 g/mol. The molecule has 0 amide bonds. The highest BCUT2D eigenvalue weighted by Crippen LogP contribution is 2.52. The van der Waals surface area contributed by atoms with E-state index in [1.54, 1.807) is 0 Å². The monoisotopic (exact) mass is 676 g/mol. The van der Waals surface area contributed by atoms with Gasteiger partial charge in [0.05, 0.1) is 22.1 Å². The lowest BCUT2D eigenvalue weighted by Crippen LogP contribution is -2.16. The highest BCUT2D eigenvalue weighted by molar-refractivity contribution is 6.19. The Morgan fingerprint density at radius 1 is 0.340 bits per heavy atom. The van der Waals surface area contributed by atoms with E-state index in [9.17, 15) is 0 Å². The number of fused-ring (bicyclic) bond motifs is 9. The van der Waals surface area contributed by atoms with Gasteiger partial charge in [0.15, 0.2) is 0 Å². The molecule has 0 unspecified atom stereocenters. The number of para-hydroxylation sites is 2. The second-order valence-electron chi connectivity index (χ2n) is 15.0. The quantitative estimate of drug-likeness (QED) is 0.176. The highest BCUT2D eigenvalue weighted by atomic mass is 15.0. The van der Waals surface area contributed by atoms with Gasteiger partial charge in [-0.3, -0.25) is 0 Å². The van der Waals surface area contributed by atoms with Crippen LogP contribution in [0.3, 0.4) is 0 Å². The molecule has 2 aromatic heterocycles.